The third kappa shape index (κ3) is 4.62. The highest BCUT2D eigenvalue weighted by Gasteiger charge is 2.39. The van der Waals surface area contributed by atoms with Crippen molar-refractivity contribution < 1.29 is 9.59 Å². The van der Waals surface area contributed by atoms with E-state index in [0.717, 1.165) is 16.9 Å². The lowest BCUT2D eigenvalue weighted by molar-refractivity contribution is 0.0965. The Morgan fingerprint density at radius 1 is 0.750 bits per heavy atom. The van der Waals surface area contributed by atoms with Crippen molar-refractivity contribution in [1.82, 2.24) is 0 Å². The molecule has 2 atom stereocenters. The molecule has 5 rings (SSSR count). The van der Waals surface area contributed by atoms with E-state index in [1.165, 1.54) is 0 Å². The van der Waals surface area contributed by atoms with Gasteiger partial charge in [-0.3, -0.25) is 9.59 Å². The Balaban J connectivity index is 1.60. The fraction of sp³-hybridized carbons (Fsp3) is 0.133. The van der Waals surface area contributed by atoms with Crippen molar-refractivity contribution in [3.8, 4) is 0 Å². The Morgan fingerprint density at radius 3 is 1.94 bits per heavy atom. The lowest BCUT2D eigenvalue weighted by Gasteiger charge is -2.43. The summed E-state index contributed by atoms with van der Waals surface area (Å²) in [5, 5.41) is 1.16. The van der Waals surface area contributed by atoms with Crippen LogP contribution in [-0.4, -0.2) is 17.9 Å². The maximum Gasteiger partial charge on any atom is 0.258 e. The number of rotatable bonds is 4. The molecule has 4 nitrogen and oxygen atoms in total. The van der Waals surface area contributed by atoms with E-state index in [2.05, 4.69) is 0 Å². The number of carbonyl (C=O) groups excluding carboxylic acids is 2. The van der Waals surface area contributed by atoms with Crippen molar-refractivity contribution in [2.75, 3.05) is 9.80 Å². The summed E-state index contributed by atoms with van der Waals surface area (Å²) in [6, 6.07) is 30.9. The number of para-hydroxylation sites is 2. The lowest BCUT2D eigenvalue weighted by Crippen LogP contribution is -2.47. The van der Waals surface area contributed by atoms with Crippen LogP contribution in [0.5, 0.6) is 0 Å². The quantitative estimate of drug-likeness (QED) is 0.278. The molecule has 0 saturated heterocycles. The second kappa shape index (κ2) is 10.2. The van der Waals surface area contributed by atoms with Crippen LogP contribution in [0, 0.1) is 0 Å². The largest absolute Gasteiger partial charge is 0.305 e. The highest BCUT2D eigenvalue weighted by Crippen LogP contribution is 2.43. The summed E-state index contributed by atoms with van der Waals surface area (Å²) in [5.41, 5.74) is 3.63. The normalized spacial score (nSPS) is 16.8. The van der Waals surface area contributed by atoms with Gasteiger partial charge in [-0.2, -0.15) is 0 Å². The molecule has 0 N–H and O–H groups in total. The van der Waals surface area contributed by atoms with Gasteiger partial charge in [-0.15, -0.1) is 0 Å². The van der Waals surface area contributed by atoms with E-state index >= 15 is 0 Å². The average Bonchev–Trinajstić information content (AvgIpc) is 2.90. The van der Waals surface area contributed by atoms with Crippen LogP contribution in [0.1, 0.15) is 45.7 Å². The molecule has 0 unspecified atom stereocenters. The molecule has 0 radical (unpaired) electrons. The highest BCUT2D eigenvalue weighted by molar-refractivity contribution is 6.31. The number of hydrogen-bond acceptors (Lipinski definition) is 2. The van der Waals surface area contributed by atoms with E-state index in [9.17, 15) is 9.59 Å². The summed E-state index contributed by atoms with van der Waals surface area (Å²) >= 11 is 12.1. The molecule has 36 heavy (non-hydrogen) atoms. The van der Waals surface area contributed by atoms with Crippen molar-refractivity contribution in [3.05, 3.63) is 130 Å². The minimum Gasteiger partial charge on any atom is -0.305 e. The molecule has 4 aromatic carbocycles. The fourth-order valence-corrected chi connectivity index (χ4v) is 5.08. The monoisotopic (exact) mass is 514 g/mol. The molecule has 0 aliphatic carbocycles. The predicted octanol–water partition coefficient (Wildman–Crippen LogP) is 7.82. The first-order valence-electron chi connectivity index (χ1n) is 11.8. The molecular formula is C30H24Cl2N2O2. The number of fused-ring (bicyclic) bond motifs is 1. The highest BCUT2D eigenvalue weighted by atomic mass is 35.5. The van der Waals surface area contributed by atoms with Crippen LogP contribution in [0.25, 0.3) is 0 Å². The van der Waals surface area contributed by atoms with Crippen molar-refractivity contribution in [2.45, 2.75) is 25.4 Å². The van der Waals surface area contributed by atoms with E-state index in [1.54, 1.807) is 48.5 Å². The number of benzene rings is 4. The Bertz CT molecular complexity index is 1390. The molecule has 0 bridgehead atoms. The standard InChI is InChI=1S/C30H24Cl2N2O2/c1-20-19-28(34(25-7-3-2-4-8-25)30(36)22-13-17-24(32)18-14-22)26-9-5-6-10-27(26)33(20)29(35)21-11-15-23(31)16-12-21/h2-18,20,28H,19H2,1H3/t20-,28+/m1/s1. The summed E-state index contributed by atoms with van der Waals surface area (Å²) in [5.74, 6) is -0.220. The Labute approximate surface area is 220 Å². The minimum atomic E-state index is -0.268. The summed E-state index contributed by atoms with van der Waals surface area (Å²) in [7, 11) is 0. The van der Waals surface area contributed by atoms with E-state index in [4.69, 9.17) is 23.2 Å². The molecule has 180 valence electrons. The zero-order valence-electron chi connectivity index (χ0n) is 19.6. The number of carbonyl (C=O) groups is 2. The topological polar surface area (TPSA) is 40.6 Å². The van der Waals surface area contributed by atoms with Crippen LogP contribution in [0.2, 0.25) is 10.0 Å². The van der Waals surface area contributed by atoms with Crippen LogP contribution in [0.4, 0.5) is 11.4 Å². The Kier molecular flexibility index (Phi) is 6.82. The van der Waals surface area contributed by atoms with Gasteiger partial charge in [0.2, 0.25) is 0 Å². The van der Waals surface area contributed by atoms with Gasteiger partial charge in [-0.1, -0.05) is 59.6 Å². The van der Waals surface area contributed by atoms with Crippen LogP contribution in [0.3, 0.4) is 0 Å². The number of hydrogen-bond donors (Lipinski definition) is 0. The van der Waals surface area contributed by atoms with Gasteiger partial charge in [0, 0.05) is 38.6 Å². The number of halogens is 2. The molecule has 2 amide bonds. The summed E-state index contributed by atoms with van der Waals surface area (Å²) in [4.78, 5) is 31.2. The zero-order valence-corrected chi connectivity index (χ0v) is 21.2. The van der Waals surface area contributed by atoms with Gasteiger partial charge in [-0.25, -0.2) is 0 Å². The van der Waals surface area contributed by atoms with Gasteiger partial charge < -0.3 is 9.80 Å². The molecule has 0 spiro atoms. The molecule has 1 aliphatic heterocycles. The van der Waals surface area contributed by atoms with E-state index in [-0.39, 0.29) is 23.9 Å². The first kappa shape index (κ1) is 24.1. The van der Waals surface area contributed by atoms with Crippen LogP contribution >= 0.6 is 23.2 Å². The minimum absolute atomic E-state index is 0.0969. The smallest absolute Gasteiger partial charge is 0.258 e. The second-order valence-electron chi connectivity index (χ2n) is 8.86. The van der Waals surface area contributed by atoms with Crippen LogP contribution in [0.15, 0.2) is 103 Å². The Hall–Kier alpha value is -3.60. The first-order chi connectivity index (χ1) is 17.4. The average molecular weight is 515 g/mol. The molecule has 1 aliphatic rings. The molecule has 0 fully saturated rings. The van der Waals surface area contributed by atoms with Gasteiger partial charge in [0.05, 0.1) is 6.04 Å². The van der Waals surface area contributed by atoms with Crippen molar-refractivity contribution in [3.63, 3.8) is 0 Å². The molecule has 0 aromatic heterocycles. The molecule has 6 heteroatoms. The van der Waals surface area contributed by atoms with Crippen molar-refractivity contribution >= 4 is 46.4 Å². The van der Waals surface area contributed by atoms with E-state index < -0.39 is 0 Å². The van der Waals surface area contributed by atoms with Crippen molar-refractivity contribution in [1.29, 1.82) is 0 Å². The van der Waals surface area contributed by atoms with Gasteiger partial charge >= 0.3 is 0 Å². The number of amides is 2. The molecule has 0 saturated carbocycles. The number of anilines is 2. The Morgan fingerprint density at radius 2 is 1.31 bits per heavy atom. The molecular weight excluding hydrogens is 491 g/mol. The first-order valence-corrected chi connectivity index (χ1v) is 12.5. The van der Waals surface area contributed by atoms with Crippen LogP contribution in [-0.2, 0) is 0 Å². The molecule has 4 aromatic rings. The van der Waals surface area contributed by atoms with Gasteiger partial charge in [0.15, 0.2) is 0 Å². The fourth-order valence-electron chi connectivity index (χ4n) is 4.83. The van der Waals surface area contributed by atoms with Gasteiger partial charge in [-0.05, 0) is 85.6 Å². The lowest BCUT2D eigenvalue weighted by atomic mass is 9.89. The predicted molar refractivity (Wildman–Crippen MR) is 146 cm³/mol. The van der Waals surface area contributed by atoms with E-state index in [0.29, 0.717) is 27.6 Å². The maximum absolute atomic E-state index is 13.9. The van der Waals surface area contributed by atoms with Crippen molar-refractivity contribution in [2.24, 2.45) is 0 Å². The summed E-state index contributed by atoms with van der Waals surface area (Å²) in [6.07, 6.45) is 0.574. The number of nitrogens with zero attached hydrogens (tertiary/aromatic N) is 2. The van der Waals surface area contributed by atoms with Crippen LogP contribution < -0.4 is 9.80 Å². The third-order valence-electron chi connectivity index (χ3n) is 6.53. The molecule has 1 heterocycles. The van der Waals surface area contributed by atoms with E-state index in [1.807, 2.05) is 71.3 Å². The zero-order chi connectivity index (χ0) is 25.2. The summed E-state index contributed by atoms with van der Waals surface area (Å²) < 4.78 is 0. The van der Waals surface area contributed by atoms with Gasteiger partial charge in [0.1, 0.15) is 0 Å². The van der Waals surface area contributed by atoms with Gasteiger partial charge in [0.25, 0.3) is 11.8 Å². The SMILES string of the molecule is C[C@@H]1C[C@H](N(C(=O)c2ccc(Cl)cc2)c2ccccc2)c2ccccc2N1C(=O)c1ccc(Cl)cc1. The maximum atomic E-state index is 13.9. The second-order valence-corrected chi connectivity index (χ2v) is 9.73. The summed E-state index contributed by atoms with van der Waals surface area (Å²) in [6.45, 7) is 2.02. The third-order valence-corrected chi connectivity index (χ3v) is 7.03.